The highest BCUT2D eigenvalue weighted by Gasteiger charge is 2.20. The highest BCUT2D eigenvalue weighted by atomic mass is 16.7. The molecule has 2 rings (SSSR count). The molecule has 1 aromatic rings. The van der Waals surface area contributed by atoms with Crippen LogP contribution in [0.3, 0.4) is 0 Å². The van der Waals surface area contributed by atoms with Crippen molar-refractivity contribution in [1.82, 2.24) is 5.06 Å². The van der Waals surface area contributed by atoms with Crippen LogP contribution in [0.25, 0.3) is 0 Å². The molecule has 4 nitrogen and oxygen atoms in total. The molecule has 0 spiro atoms. The summed E-state index contributed by atoms with van der Waals surface area (Å²) in [5.41, 5.74) is 2.11. The average molecular weight is 318 g/mol. The molecule has 4 heteroatoms. The first-order valence-electron chi connectivity index (χ1n) is 8.78. The van der Waals surface area contributed by atoms with E-state index in [4.69, 9.17) is 4.84 Å². The Morgan fingerprint density at radius 1 is 1.35 bits per heavy atom. The Morgan fingerprint density at radius 2 is 2.13 bits per heavy atom. The summed E-state index contributed by atoms with van der Waals surface area (Å²) < 4.78 is 0. The maximum Gasteiger partial charge on any atom is 0.345 e. The normalized spacial score (nSPS) is 21.0. The summed E-state index contributed by atoms with van der Waals surface area (Å²) in [4.78, 5) is 16.7. The lowest BCUT2D eigenvalue weighted by atomic mass is 9.78. The Bertz CT molecular complexity index is 504. The number of carbonyl (C=O) groups is 1. The van der Waals surface area contributed by atoms with Crippen LogP contribution in [-0.4, -0.2) is 25.3 Å². The van der Waals surface area contributed by atoms with Crippen LogP contribution in [0.2, 0.25) is 0 Å². The van der Waals surface area contributed by atoms with Gasteiger partial charge in [0.2, 0.25) is 0 Å². The fourth-order valence-corrected chi connectivity index (χ4v) is 3.48. The summed E-state index contributed by atoms with van der Waals surface area (Å²) in [6, 6.07) is 7.85. The molecule has 2 atom stereocenters. The van der Waals surface area contributed by atoms with Crippen molar-refractivity contribution in [3.05, 3.63) is 29.8 Å². The van der Waals surface area contributed by atoms with Crippen LogP contribution < -0.4 is 5.32 Å². The minimum atomic E-state index is -0.263. The first kappa shape index (κ1) is 17.8. The Morgan fingerprint density at radius 3 is 2.87 bits per heavy atom. The molecule has 128 valence electrons. The lowest BCUT2D eigenvalue weighted by Gasteiger charge is -2.28. The summed E-state index contributed by atoms with van der Waals surface area (Å²) in [7, 11) is 3.06. The third kappa shape index (κ3) is 5.54. The number of carbonyl (C=O) groups excluding carboxylic acids is 1. The molecule has 1 N–H and O–H groups in total. The monoisotopic (exact) mass is 318 g/mol. The van der Waals surface area contributed by atoms with Crippen molar-refractivity contribution in [1.29, 1.82) is 0 Å². The van der Waals surface area contributed by atoms with E-state index in [1.54, 1.807) is 7.05 Å². The SMILES string of the molecule is CON(C)C(=O)Nc1cccc(CCCC2CCCCC2C)c1. The molecule has 0 heterocycles. The number of amides is 2. The molecule has 0 aromatic heterocycles. The van der Waals surface area contributed by atoms with Crippen LogP contribution in [0, 0.1) is 11.8 Å². The molecule has 23 heavy (non-hydrogen) atoms. The number of urea groups is 1. The van der Waals surface area contributed by atoms with Crippen LogP contribution in [0.4, 0.5) is 10.5 Å². The zero-order valence-corrected chi connectivity index (χ0v) is 14.7. The Kier molecular flexibility index (Phi) is 6.90. The zero-order valence-electron chi connectivity index (χ0n) is 14.7. The van der Waals surface area contributed by atoms with Crippen molar-refractivity contribution in [3.8, 4) is 0 Å². The quantitative estimate of drug-likeness (QED) is 0.761. The summed E-state index contributed by atoms with van der Waals surface area (Å²) in [5.74, 6) is 1.79. The predicted octanol–water partition coefficient (Wildman–Crippen LogP) is 4.86. The number of nitrogens with one attached hydrogen (secondary N) is 1. The highest BCUT2D eigenvalue weighted by Crippen LogP contribution is 2.33. The van der Waals surface area contributed by atoms with Crippen molar-refractivity contribution in [2.24, 2.45) is 11.8 Å². The van der Waals surface area contributed by atoms with E-state index >= 15 is 0 Å². The number of hydrogen-bond acceptors (Lipinski definition) is 2. The van der Waals surface area contributed by atoms with Gasteiger partial charge in [0.1, 0.15) is 0 Å². The lowest BCUT2D eigenvalue weighted by molar-refractivity contribution is -0.0598. The third-order valence-electron chi connectivity index (χ3n) is 5.07. The van der Waals surface area contributed by atoms with Gasteiger partial charge in [0.05, 0.1) is 7.11 Å². The minimum absolute atomic E-state index is 0.263. The summed E-state index contributed by atoms with van der Waals surface area (Å²) >= 11 is 0. The summed E-state index contributed by atoms with van der Waals surface area (Å²) in [5, 5.41) is 4.02. The molecule has 1 saturated carbocycles. The van der Waals surface area contributed by atoms with Gasteiger partial charge in [-0.05, 0) is 48.8 Å². The average Bonchev–Trinajstić information content (AvgIpc) is 2.56. The maximum absolute atomic E-state index is 11.8. The first-order valence-corrected chi connectivity index (χ1v) is 8.78. The van der Waals surface area contributed by atoms with Gasteiger partial charge >= 0.3 is 6.03 Å². The van der Waals surface area contributed by atoms with Gasteiger partial charge in [0.25, 0.3) is 0 Å². The molecular weight excluding hydrogens is 288 g/mol. The molecular formula is C19H30N2O2. The van der Waals surface area contributed by atoms with Gasteiger partial charge in [-0.2, -0.15) is 0 Å². The second kappa shape index (κ2) is 8.92. The number of nitrogens with zero attached hydrogens (tertiary/aromatic N) is 1. The molecule has 0 aliphatic heterocycles. The second-order valence-corrected chi connectivity index (χ2v) is 6.72. The summed E-state index contributed by atoms with van der Waals surface area (Å²) in [6.45, 7) is 2.41. The second-order valence-electron chi connectivity index (χ2n) is 6.72. The van der Waals surface area contributed by atoms with Gasteiger partial charge in [-0.3, -0.25) is 4.84 Å². The first-order chi connectivity index (χ1) is 11.1. The van der Waals surface area contributed by atoms with Gasteiger partial charge in [0.15, 0.2) is 0 Å². The minimum Gasteiger partial charge on any atom is -0.306 e. The number of anilines is 1. The van der Waals surface area contributed by atoms with Crippen LogP contribution >= 0.6 is 0 Å². The molecule has 1 aromatic carbocycles. The smallest absolute Gasteiger partial charge is 0.306 e. The number of hydrogen-bond donors (Lipinski definition) is 1. The summed E-state index contributed by atoms with van der Waals surface area (Å²) in [6.07, 6.45) is 9.25. The van der Waals surface area contributed by atoms with Gasteiger partial charge in [-0.25, -0.2) is 9.86 Å². The van der Waals surface area contributed by atoms with Gasteiger partial charge in [-0.1, -0.05) is 44.7 Å². The molecule has 2 unspecified atom stereocenters. The fraction of sp³-hybridized carbons (Fsp3) is 0.632. The van der Waals surface area contributed by atoms with E-state index < -0.39 is 0 Å². The van der Waals surface area contributed by atoms with Crippen LogP contribution in [0.5, 0.6) is 0 Å². The number of aryl methyl sites for hydroxylation is 1. The van der Waals surface area contributed by atoms with E-state index in [9.17, 15) is 4.79 Å². The molecule has 0 saturated heterocycles. The van der Waals surface area contributed by atoms with Gasteiger partial charge < -0.3 is 5.32 Å². The highest BCUT2D eigenvalue weighted by molar-refractivity contribution is 5.88. The van der Waals surface area contributed by atoms with E-state index in [2.05, 4.69) is 24.4 Å². The molecule has 0 radical (unpaired) electrons. The van der Waals surface area contributed by atoms with E-state index in [0.29, 0.717) is 0 Å². The zero-order chi connectivity index (χ0) is 16.7. The van der Waals surface area contributed by atoms with E-state index in [1.165, 1.54) is 56.3 Å². The largest absolute Gasteiger partial charge is 0.345 e. The van der Waals surface area contributed by atoms with Crippen molar-refractivity contribution in [2.75, 3.05) is 19.5 Å². The maximum atomic E-state index is 11.8. The predicted molar refractivity (Wildman–Crippen MR) is 94.3 cm³/mol. The van der Waals surface area contributed by atoms with E-state index in [1.807, 2.05) is 12.1 Å². The molecule has 2 amide bonds. The molecule has 1 aliphatic carbocycles. The van der Waals surface area contributed by atoms with E-state index in [0.717, 1.165) is 23.9 Å². The standard InChI is InChI=1S/C19H30N2O2/c1-15-8-4-5-11-17(15)12-6-9-16-10-7-13-18(14-16)20-19(22)21(2)23-3/h7,10,13-15,17H,4-6,8-9,11-12H2,1-3H3,(H,20,22). The Hall–Kier alpha value is -1.55. The van der Waals surface area contributed by atoms with Crippen molar-refractivity contribution >= 4 is 11.7 Å². The van der Waals surface area contributed by atoms with E-state index in [-0.39, 0.29) is 6.03 Å². The number of benzene rings is 1. The fourth-order valence-electron chi connectivity index (χ4n) is 3.48. The van der Waals surface area contributed by atoms with Gasteiger partial charge in [0, 0.05) is 12.7 Å². The van der Waals surface area contributed by atoms with Crippen molar-refractivity contribution < 1.29 is 9.63 Å². The Balaban J connectivity index is 1.81. The van der Waals surface area contributed by atoms with Crippen LogP contribution in [0.1, 0.15) is 51.0 Å². The molecule has 1 fully saturated rings. The molecule has 1 aliphatic rings. The van der Waals surface area contributed by atoms with Crippen molar-refractivity contribution in [3.63, 3.8) is 0 Å². The topological polar surface area (TPSA) is 41.6 Å². The van der Waals surface area contributed by atoms with Crippen LogP contribution in [-0.2, 0) is 11.3 Å². The number of hydroxylamine groups is 2. The third-order valence-corrected chi connectivity index (χ3v) is 5.07. The molecule has 0 bridgehead atoms. The van der Waals surface area contributed by atoms with Crippen molar-refractivity contribution in [2.45, 2.75) is 51.9 Å². The Labute approximate surface area is 140 Å². The van der Waals surface area contributed by atoms with Gasteiger partial charge in [-0.15, -0.1) is 0 Å². The number of rotatable bonds is 6. The lowest BCUT2D eigenvalue weighted by Crippen LogP contribution is -2.30. The van der Waals surface area contributed by atoms with Crippen LogP contribution in [0.15, 0.2) is 24.3 Å².